The summed E-state index contributed by atoms with van der Waals surface area (Å²) in [6.45, 7) is 0.757. The van der Waals surface area contributed by atoms with Crippen molar-refractivity contribution in [1.82, 2.24) is 15.0 Å². The van der Waals surface area contributed by atoms with Crippen LogP contribution >= 0.6 is 22.9 Å². The van der Waals surface area contributed by atoms with Gasteiger partial charge < -0.3 is 10.2 Å². The molecule has 132 valence electrons. The second kappa shape index (κ2) is 7.39. The molecule has 1 saturated heterocycles. The third-order valence-corrected chi connectivity index (χ3v) is 5.22. The first-order valence-corrected chi connectivity index (χ1v) is 9.51. The van der Waals surface area contributed by atoms with Crippen LogP contribution in [0.2, 0.25) is 4.34 Å². The summed E-state index contributed by atoms with van der Waals surface area (Å²) < 4.78 is 0.629. The predicted molar refractivity (Wildman–Crippen MR) is 104 cm³/mol. The van der Waals surface area contributed by atoms with E-state index in [0.717, 1.165) is 35.8 Å². The Labute approximate surface area is 159 Å². The van der Waals surface area contributed by atoms with Gasteiger partial charge in [0.2, 0.25) is 5.91 Å². The van der Waals surface area contributed by atoms with E-state index in [1.165, 1.54) is 11.3 Å². The van der Waals surface area contributed by atoms with Crippen LogP contribution in [0.4, 0.5) is 17.3 Å². The Bertz CT molecular complexity index is 927. The second-order valence-electron chi connectivity index (χ2n) is 5.91. The summed E-state index contributed by atoms with van der Waals surface area (Å²) in [5.74, 6) is 1.50. The van der Waals surface area contributed by atoms with E-state index < -0.39 is 0 Å². The van der Waals surface area contributed by atoms with Crippen molar-refractivity contribution in [3.05, 3.63) is 47.1 Å². The van der Waals surface area contributed by atoms with Crippen molar-refractivity contribution in [2.75, 3.05) is 16.8 Å². The molecule has 1 amide bonds. The first-order valence-electron chi connectivity index (χ1n) is 8.31. The van der Waals surface area contributed by atoms with Crippen LogP contribution in [0.5, 0.6) is 0 Å². The number of thiazole rings is 1. The van der Waals surface area contributed by atoms with Crippen LogP contribution in [-0.4, -0.2) is 27.4 Å². The minimum Gasteiger partial charge on any atom is -0.325 e. The van der Waals surface area contributed by atoms with Crippen LogP contribution in [-0.2, 0) is 4.79 Å². The molecule has 0 aromatic carbocycles. The fourth-order valence-corrected chi connectivity index (χ4v) is 3.71. The van der Waals surface area contributed by atoms with Crippen molar-refractivity contribution in [2.45, 2.75) is 19.3 Å². The summed E-state index contributed by atoms with van der Waals surface area (Å²) in [5, 5.41) is 3.95. The maximum Gasteiger partial charge on any atom is 0.227 e. The molecule has 0 aliphatic carbocycles. The van der Waals surface area contributed by atoms with Gasteiger partial charge in [-0.1, -0.05) is 17.7 Å². The molecule has 3 aromatic heterocycles. The number of anilines is 3. The first-order chi connectivity index (χ1) is 12.7. The number of nitrogens with zero attached hydrogens (tertiary/aromatic N) is 4. The standard InChI is InChI=1S/C18H16ClN5OS/c19-14-11-21-18(26-14)13-4-3-5-16(22-13)23-15-8-7-12(10-20-15)24-9-2-1-6-17(24)25/h3-5,7-8,10-11H,1-2,6,9H2,(H,20,22,23). The van der Waals surface area contributed by atoms with Crippen LogP contribution in [0.3, 0.4) is 0 Å². The number of rotatable bonds is 4. The van der Waals surface area contributed by atoms with Crippen LogP contribution < -0.4 is 10.2 Å². The van der Waals surface area contributed by atoms with Gasteiger partial charge in [-0.05, 0) is 37.1 Å². The molecular formula is C18H16ClN5OS. The number of carbonyl (C=O) groups is 1. The average Bonchev–Trinajstić information content (AvgIpc) is 3.10. The normalized spacial score (nSPS) is 14.5. The number of aromatic nitrogens is 3. The van der Waals surface area contributed by atoms with E-state index in [9.17, 15) is 4.79 Å². The molecule has 1 fully saturated rings. The average molecular weight is 386 g/mol. The minimum atomic E-state index is 0.162. The largest absolute Gasteiger partial charge is 0.325 e. The Morgan fingerprint density at radius 3 is 2.73 bits per heavy atom. The number of piperidine rings is 1. The summed E-state index contributed by atoms with van der Waals surface area (Å²) in [5.41, 5.74) is 1.59. The van der Waals surface area contributed by atoms with E-state index in [1.807, 2.05) is 30.3 Å². The van der Waals surface area contributed by atoms with E-state index >= 15 is 0 Å². The number of amides is 1. The molecule has 1 N–H and O–H groups in total. The number of pyridine rings is 2. The third-order valence-electron chi connectivity index (χ3n) is 4.08. The SMILES string of the molecule is O=C1CCCCN1c1ccc(Nc2cccc(-c3ncc(Cl)s3)n2)nc1. The molecule has 6 nitrogen and oxygen atoms in total. The maximum atomic E-state index is 12.0. The smallest absolute Gasteiger partial charge is 0.227 e. The molecular weight excluding hydrogens is 370 g/mol. The van der Waals surface area contributed by atoms with Crippen molar-refractivity contribution in [3.63, 3.8) is 0 Å². The highest BCUT2D eigenvalue weighted by atomic mass is 35.5. The van der Waals surface area contributed by atoms with Crippen molar-refractivity contribution in [3.8, 4) is 10.7 Å². The maximum absolute atomic E-state index is 12.0. The van der Waals surface area contributed by atoms with Gasteiger partial charge in [-0.3, -0.25) is 4.79 Å². The van der Waals surface area contributed by atoms with Gasteiger partial charge in [0.15, 0.2) is 0 Å². The van der Waals surface area contributed by atoms with Crippen molar-refractivity contribution >= 4 is 46.2 Å². The quantitative estimate of drug-likeness (QED) is 0.715. The molecule has 3 aromatic rings. The molecule has 8 heteroatoms. The van der Waals surface area contributed by atoms with Gasteiger partial charge in [-0.2, -0.15) is 0 Å². The topological polar surface area (TPSA) is 71.0 Å². The number of halogens is 1. The van der Waals surface area contributed by atoms with Gasteiger partial charge in [-0.25, -0.2) is 15.0 Å². The summed E-state index contributed by atoms with van der Waals surface area (Å²) in [6, 6.07) is 9.41. The second-order valence-corrected chi connectivity index (χ2v) is 7.57. The Kier molecular flexibility index (Phi) is 4.81. The Hall–Kier alpha value is -2.51. The van der Waals surface area contributed by atoms with Crippen LogP contribution in [0, 0.1) is 0 Å². The highest BCUT2D eigenvalue weighted by Crippen LogP contribution is 2.28. The molecule has 1 aliphatic rings. The lowest BCUT2D eigenvalue weighted by atomic mass is 10.1. The summed E-state index contributed by atoms with van der Waals surface area (Å²) in [7, 11) is 0. The van der Waals surface area contributed by atoms with Crippen molar-refractivity contribution < 1.29 is 4.79 Å². The van der Waals surface area contributed by atoms with E-state index in [0.29, 0.717) is 22.4 Å². The zero-order chi connectivity index (χ0) is 17.9. The van der Waals surface area contributed by atoms with Crippen LogP contribution in [0.15, 0.2) is 42.7 Å². The Balaban J connectivity index is 1.50. The van der Waals surface area contributed by atoms with Crippen molar-refractivity contribution in [1.29, 1.82) is 0 Å². The molecule has 1 aliphatic heterocycles. The number of hydrogen-bond acceptors (Lipinski definition) is 6. The summed E-state index contributed by atoms with van der Waals surface area (Å²) in [4.78, 5) is 27.0. The summed E-state index contributed by atoms with van der Waals surface area (Å²) in [6.07, 6.45) is 5.94. The molecule has 0 radical (unpaired) electrons. The fourth-order valence-electron chi connectivity index (χ4n) is 2.83. The minimum absolute atomic E-state index is 0.162. The zero-order valence-electron chi connectivity index (χ0n) is 13.9. The third kappa shape index (κ3) is 3.68. The lowest BCUT2D eigenvalue weighted by Crippen LogP contribution is -2.35. The number of nitrogens with one attached hydrogen (secondary N) is 1. The monoisotopic (exact) mass is 385 g/mol. The van der Waals surface area contributed by atoms with Gasteiger partial charge in [0, 0.05) is 13.0 Å². The molecule has 4 heterocycles. The molecule has 0 atom stereocenters. The van der Waals surface area contributed by atoms with Crippen LogP contribution in [0.25, 0.3) is 10.7 Å². The molecule has 0 bridgehead atoms. The van der Waals surface area contributed by atoms with Gasteiger partial charge in [-0.15, -0.1) is 11.3 Å². The molecule has 0 spiro atoms. The zero-order valence-corrected chi connectivity index (χ0v) is 15.4. The highest BCUT2D eigenvalue weighted by Gasteiger charge is 2.19. The molecule has 0 saturated carbocycles. The molecule has 0 unspecified atom stereocenters. The molecule has 4 rings (SSSR count). The Morgan fingerprint density at radius 1 is 1.08 bits per heavy atom. The van der Waals surface area contributed by atoms with Crippen LogP contribution in [0.1, 0.15) is 19.3 Å². The lowest BCUT2D eigenvalue weighted by Gasteiger charge is -2.26. The predicted octanol–water partition coefficient (Wildman–Crippen LogP) is 4.51. The number of carbonyl (C=O) groups excluding carboxylic acids is 1. The van der Waals surface area contributed by atoms with Crippen molar-refractivity contribution in [2.24, 2.45) is 0 Å². The van der Waals surface area contributed by atoms with E-state index in [1.54, 1.807) is 17.3 Å². The first kappa shape index (κ1) is 16.9. The lowest BCUT2D eigenvalue weighted by molar-refractivity contribution is -0.119. The van der Waals surface area contributed by atoms with Gasteiger partial charge in [0.25, 0.3) is 0 Å². The Morgan fingerprint density at radius 2 is 2.00 bits per heavy atom. The fraction of sp³-hybridized carbons (Fsp3) is 0.222. The van der Waals surface area contributed by atoms with Gasteiger partial charge >= 0.3 is 0 Å². The van der Waals surface area contributed by atoms with Gasteiger partial charge in [0.1, 0.15) is 26.7 Å². The van der Waals surface area contributed by atoms with E-state index in [4.69, 9.17) is 11.6 Å². The number of hydrogen-bond donors (Lipinski definition) is 1. The van der Waals surface area contributed by atoms with E-state index in [-0.39, 0.29) is 5.91 Å². The highest BCUT2D eigenvalue weighted by molar-refractivity contribution is 7.18. The summed E-state index contributed by atoms with van der Waals surface area (Å²) >= 11 is 7.33. The molecule has 26 heavy (non-hydrogen) atoms. The van der Waals surface area contributed by atoms with Gasteiger partial charge in [0.05, 0.1) is 18.1 Å². The van der Waals surface area contributed by atoms with E-state index in [2.05, 4.69) is 20.3 Å².